The minimum absolute atomic E-state index is 0.0497. The zero-order valence-corrected chi connectivity index (χ0v) is 21.2. The van der Waals surface area contributed by atoms with Crippen LogP contribution in [0.1, 0.15) is 29.3 Å². The molecule has 1 fully saturated rings. The van der Waals surface area contributed by atoms with Gasteiger partial charge in [0.1, 0.15) is 17.6 Å². The quantitative estimate of drug-likeness (QED) is 0.149. The van der Waals surface area contributed by atoms with Gasteiger partial charge in [-0.25, -0.2) is 4.79 Å². The fourth-order valence-electron chi connectivity index (χ4n) is 5.01. The van der Waals surface area contributed by atoms with E-state index in [-0.39, 0.29) is 13.0 Å². The van der Waals surface area contributed by atoms with E-state index in [0.29, 0.717) is 5.75 Å². The van der Waals surface area contributed by atoms with Crippen molar-refractivity contribution in [3.05, 3.63) is 145 Å². The molecule has 3 aromatic carbocycles. The summed E-state index contributed by atoms with van der Waals surface area (Å²) in [6.07, 6.45) is 0.227. The Morgan fingerprint density at radius 2 is 1.59 bits per heavy atom. The Balaban J connectivity index is 1.55. The van der Waals surface area contributed by atoms with Gasteiger partial charge in [0.05, 0.1) is 25.9 Å². The minimum Gasteiger partial charge on any atom is -0.497 e. The minimum atomic E-state index is -1.04. The number of hydrogen-bond donors (Lipinski definition) is 1. The second-order valence-electron chi connectivity index (χ2n) is 9.11. The molecule has 198 valence electrons. The molecular formula is C29H27N5O5. The zero-order valence-electron chi connectivity index (χ0n) is 21.2. The van der Waals surface area contributed by atoms with E-state index < -0.39 is 35.2 Å². The number of nitrogens with zero attached hydrogens (tertiary/aromatic N) is 4. The first-order valence-corrected chi connectivity index (χ1v) is 12.5. The molecule has 10 heteroatoms. The molecule has 0 bridgehead atoms. The second-order valence-corrected chi connectivity index (χ2v) is 9.11. The van der Waals surface area contributed by atoms with Crippen molar-refractivity contribution < 1.29 is 14.2 Å². The third kappa shape index (κ3) is 5.21. The Morgan fingerprint density at radius 3 is 2.15 bits per heavy atom. The average Bonchev–Trinajstić information content (AvgIpc) is 3.37. The first-order chi connectivity index (χ1) is 19.0. The van der Waals surface area contributed by atoms with Gasteiger partial charge < -0.3 is 14.2 Å². The summed E-state index contributed by atoms with van der Waals surface area (Å²) in [6.45, 7) is 0.0497. The van der Waals surface area contributed by atoms with Gasteiger partial charge in [-0.1, -0.05) is 77.9 Å². The molecule has 1 aliphatic rings. The lowest BCUT2D eigenvalue weighted by Crippen LogP contribution is -2.37. The predicted octanol–water partition coefficient (Wildman–Crippen LogP) is 4.52. The molecular weight excluding hydrogens is 498 g/mol. The van der Waals surface area contributed by atoms with E-state index in [1.54, 1.807) is 7.11 Å². The van der Waals surface area contributed by atoms with Crippen molar-refractivity contribution in [2.45, 2.75) is 30.4 Å². The molecule has 39 heavy (non-hydrogen) atoms. The van der Waals surface area contributed by atoms with Crippen LogP contribution in [-0.4, -0.2) is 35.4 Å². The van der Waals surface area contributed by atoms with Gasteiger partial charge in [-0.05, 0) is 34.4 Å². The molecule has 5 rings (SSSR count). The van der Waals surface area contributed by atoms with Gasteiger partial charge in [-0.15, -0.1) is 0 Å². The summed E-state index contributed by atoms with van der Waals surface area (Å²) in [5.74, 6) is 0.713. The topological polar surface area (TPSA) is 131 Å². The van der Waals surface area contributed by atoms with Gasteiger partial charge in [0.25, 0.3) is 5.56 Å². The normalized spacial score (nSPS) is 18.8. The predicted molar refractivity (Wildman–Crippen MR) is 144 cm³/mol. The summed E-state index contributed by atoms with van der Waals surface area (Å²) in [4.78, 5) is 29.2. The number of aromatic nitrogens is 2. The number of methoxy groups -OCH3 is 1. The monoisotopic (exact) mass is 525 g/mol. The smallest absolute Gasteiger partial charge is 0.330 e. The molecule has 1 N–H and O–H groups in total. The van der Waals surface area contributed by atoms with Gasteiger partial charge in [-0.2, -0.15) is 0 Å². The maximum Gasteiger partial charge on any atom is 0.330 e. The van der Waals surface area contributed by atoms with E-state index in [1.165, 1.54) is 16.8 Å². The van der Waals surface area contributed by atoms with Crippen LogP contribution in [0.5, 0.6) is 5.75 Å². The van der Waals surface area contributed by atoms with Crippen molar-refractivity contribution in [3.63, 3.8) is 0 Å². The van der Waals surface area contributed by atoms with Crippen LogP contribution in [0, 0.1) is 0 Å². The van der Waals surface area contributed by atoms with Crippen LogP contribution in [0.3, 0.4) is 0 Å². The summed E-state index contributed by atoms with van der Waals surface area (Å²) in [6, 6.07) is 28.0. The van der Waals surface area contributed by atoms with Crippen molar-refractivity contribution in [1.82, 2.24) is 9.55 Å². The van der Waals surface area contributed by atoms with Crippen LogP contribution in [0.4, 0.5) is 0 Å². The summed E-state index contributed by atoms with van der Waals surface area (Å²) in [7, 11) is 1.62. The summed E-state index contributed by atoms with van der Waals surface area (Å²) >= 11 is 0. The van der Waals surface area contributed by atoms with Crippen LogP contribution < -0.4 is 16.0 Å². The number of rotatable bonds is 9. The lowest BCUT2D eigenvalue weighted by molar-refractivity contribution is -0.0796. The first-order valence-electron chi connectivity index (χ1n) is 12.5. The average molecular weight is 526 g/mol. The lowest BCUT2D eigenvalue weighted by atomic mass is 9.80. The number of H-pyrrole nitrogens is 1. The van der Waals surface area contributed by atoms with Crippen LogP contribution >= 0.6 is 0 Å². The van der Waals surface area contributed by atoms with Crippen molar-refractivity contribution >= 4 is 0 Å². The molecule has 10 nitrogen and oxygen atoms in total. The van der Waals surface area contributed by atoms with Crippen LogP contribution in [0.25, 0.3) is 10.4 Å². The van der Waals surface area contributed by atoms with Crippen LogP contribution in [0.15, 0.2) is 112 Å². The molecule has 1 aromatic heterocycles. The zero-order chi connectivity index (χ0) is 27.2. The Morgan fingerprint density at radius 1 is 0.974 bits per heavy atom. The van der Waals surface area contributed by atoms with E-state index in [4.69, 9.17) is 14.2 Å². The van der Waals surface area contributed by atoms with Crippen LogP contribution in [0.2, 0.25) is 0 Å². The van der Waals surface area contributed by atoms with Crippen molar-refractivity contribution in [3.8, 4) is 5.75 Å². The number of azide groups is 1. The summed E-state index contributed by atoms with van der Waals surface area (Å²) in [5.41, 5.74) is 9.76. The number of ether oxygens (including phenoxy) is 3. The highest BCUT2D eigenvalue weighted by Crippen LogP contribution is 2.42. The van der Waals surface area contributed by atoms with E-state index in [2.05, 4.69) is 15.0 Å². The molecule has 1 unspecified atom stereocenters. The number of hydrogen-bond acceptors (Lipinski definition) is 6. The maximum absolute atomic E-state index is 12.4. The molecule has 0 amide bonds. The molecule has 1 aliphatic heterocycles. The molecule has 0 saturated carbocycles. The van der Waals surface area contributed by atoms with Gasteiger partial charge in [0.15, 0.2) is 0 Å². The molecule has 3 atom stereocenters. The summed E-state index contributed by atoms with van der Waals surface area (Å²) < 4.78 is 19.7. The van der Waals surface area contributed by atoms with E-state index >= 15 is 0 Å². The largest absolute Gasteiger partial charge is 0.497 e. The second kappa shape index (κ2) is 11.4. The maximum atomic E-state index is 12.4. The summed E-state index contributed by atoms with van der Waals surface area (Å²) in [5, 5.41) is 3.94. The number of aromatic amines is 1. The number of benzene rings is 3. The van der Waals surface area contributed by atoms with Gasteiger partial charge in [-0.3, -0.25) is 14.3 Å². The Labute approximate surface area is 224 Å². The standard InChI is InChI=1S/C29H27N5O5/c1-37-23-14-12-22(13-15-23)29(20-8-4-2-5-9-20,21-10-6-3-7-11-21)38-19-25-24(32-33-30)18-27(39-25)34-17-16-26(35)31-28(34)36/h2-17,24-25,27H,18-19H2,1H3,(H,31,35,36)/t24?,25-,27-/m1/s1. The Bertz CT molecular complexity index is 1520. The Hall–Kier alpha value is -4.63. The van der Waals surface area contributed by atoms with Crippen molar-refractivity contribution in [1.29, 1.82) is 0 Å². The fourth-order valence-corrected chi connectivity index (χ4v) is 5.01. The highest BCUT2D eigenvalue weighted by atomic mass is 16.6. The van der Waals surface area contributed by atoms with E-state index in [9.17, 15) is 15.1 Å². The number of nitrogens with one attached hydrogen (secondary N) is 1. The molecule has 1 saturated heterocycles. The van der Waals surface area contributed by atoms with Gasteiger partial charge in [0, 0.05) is 23.6 Å². The molecule has 2 heterocycles. The highest BCUT2D eigenvalue weighted by molar-refractivity contribution is 5.48. The SMILES string of the molecule is COc1ccc(C(OC[C@H]2O[C@@H](n3ccc(=O)[nH]c3=O)CC2N=[N+]=[N-])(c2ccccc2)c2ccccc2)cc1. The third-order valence-electron chi connectivity index (χ3n) is 6.89. The fraction of sp³-hybridized carbons (Fsp3) is 0.241. The van der Waals surface area contributed by atoms with E-state index in [1.807, 2.05) is 84.9 Å². The molecule has 4 aromatic rings. The Kier molecular flexibility index (Phi) is 7.60. The molecule has 0 radical (unpaired) electrons. The molecule has 0 aliphatic carbocycles. The third-order valence-corrected chi connectivity index (χ3v) is 6.89. The van der Waals surface area contributed by atoms with Crippen LogP contribution in [-0.2, 0) is 15.1 Å². The van der Waals surface area contributed by atoms with Gasteiger partial charge in [0.2, 0.25) is 0 Å². The van der Waals surface area contributed by atoms with E-state index in [0.717, 1.165) is 16.7 Å². The van der Waals surface area contributed by atoms with Gasteiger partial charge >= 0.3 is 5.69 Å². The first kappa shape index (κ1) is 26.0. The van der Waals surface area contributed by atoms with Crippen molar-refractivity contribution in [2.24, 2.45) is 5.11 Å². The lowest BCUT2D eigenvalue weighted by Gasteiger charge is -2.37. The highest BCUT2D eigenvalue weighted by Gasteiger charge is 2.42. The molecule has 0 spiro atoms. The van der Waals surface area contributed by atoms with Crippen molar-refractivity contribution in [2.75, 3.05) is 13.7 Å².